The summed E-state index contributed by atoms with van der Waals surface area (Å²) in [6, 6.07) is 17.5. The quantitative estimate of drug-likeness (QED) is 0.198. The van der Waals surface area contributed by atoms with E-state index in [0.29, 0.717) is 6.54 Å². The van der Waals surface area contributed by atoms with Gasteiger partial charge in [0.2, 0.25) is 0 Å². The van der Waals surface area contributed by atoms with Gasteiger partial charge in [0.1, 0.15) is 5.52 Å². The van der Waals surface area contributed by atoms with Gasteiger partial charge in [-0.25, -0.2) is 4.98 Å². The molecule has 0 saturated carbocycles. The van der Waals surface area contributed by atoms with E-state index >= 15 is 0 Å². The number of anilines is 3. The largest absolute Gasteiger partial charge is 0.481 e. The van der Waals surface area contributed by atoms with Crippen LogP contribution in [0.4, 0.5) is 17.2 Å². The fraction of sp³-hybridized carbons (Fsp3) is 0.447. The minimum absolute atomic E-state index is 0.0798. The number of carboxylic acids is 1. The fourth-order valence-corrected chi connectivity index (χ4v) is 7.70. The van der Waals surface area contributed by atoms with E-state index < -0.39 is 5.97 Å². The number of fused-ring (bicyclic) bond motifs is 2. The molecule has 2 aromatic heterocycles. The van der Waals surface area contributed by atoms with Crippen LogP contribution in [0, 0.1) is 6.92 Å². The molecule has 2 N–H and O–H groups in total. The Morgan fingerprint density at radius 1 is 1.00 bits per heavy atom. The van der Waals surface area contributed by atoms with Crippen LogP contribution in [0.5, 0.6) is 0 Å². The van der Waals surface area contributed by atoms with Crippen LogP contribution in [0.1, 0.15) is 48.8 Å². The second kappa shape index (κ2) is 14.4. The third-order valence-corrected chi connectivity index (χ3v) is 10.2. The summed E-state index contributed by atoms with van der Waals surface area (Å²) in [5, 5.41) is 14.0. The van der Waals surface area contributed by atoms with Crippen LogP contribution in [-0.4, -0.2) is 89.4 Å². The molecule has 1 unspecified atom stereocenters. The maximum absolute atomic E-state index is 11.4. The topological polar surface area (TPSA) is 94.1 Å². The van der Waals surface area contributed by atoms with Crippen molar-refractivity contribution in [2.24, 2.45) is 0 Å². The lowest BCUT2D eigenvalue weighted by molar-refractivity contribution is -0.138. The van der Waals surface area contributed by atoms with E-state index in [-0.39, 0.29) is 12.5 Å². The van der Waals surface area contributed by atoms with Crippen LogP contribution < -0.4 is 10.2 Å². The number of benzene rings is 2. The number of nitrogens with zero attached hydrogens (tertiary/aromatic N) is 5. The van der Waals surface area contributed by atoms with Gasteiger partial charge in [0.25, 0.3) is 0 Å². The molecule has 4 aromatic rings. The van der Waals surface area contributed by atoms with Crippen LogP contribution in [0.2, 0.25) is 0 Å². The van der Waals surface area contributed by atoms with Crippen molar-refractivity contribution in [1.82, 2.24) is 19.8 Å². The van der Waals surface area contributed by atoms with Crippen molar-refractivity contribution in [2.45, 2.75) is 58.0 Å². The van der Waals surface area contributed by atoms with Crippen molar-refractivity contribution in [3.63, 3.8) is 0 Å². The number of ether oxygens (including phenoxy) is 1. The molecular weight excluding hydrogens is 588 g/mol. The lowest BCUT2D eigenvalue weighted by Gasteiger charge is -2.34. The van der Waals surface area contributed by atoms with Crippen LogP contribution in [0.25, 0.3) is 22.0 Å². The zero-order chi connectivity index (χ0) is 32.2. The molecule has 0 bridgehead atoms. The number of hydrogen-bond donors (Lipinski definition) is 2. The lowest BCUT2D eigenvalue weighted by Crippen LogP contribution is -2.40. The molecule has 0 aliphatic carbocycles. The monoisotopic (exact) mass is 634 g/mol. The van der Waals surface area contributed by atoms with E-state index in [9.17, 15) is 9.90 Å². The third kappa shape index (κ3) is 7.12. The highest BCUT2D eigenvalue weighted by Gasteiger charge is 2.26. The van der Waals surface area contributed by atoms with Crippen LogP contribution in [0.3, 0.4) is 0 Å². The summed E-state index contributed by atoms with van der Waals surface area (Å²) in [7, 11) is 0. The molecule has 9 nitrogen and oxygen atoms in total. The summed E-state index contributed by atoms with van der Waals surface area (Å²) in [6.07, 6.45) is 9.30. The van der Waals surface area contributed by atoms with Crippen molar-refractivity contribution < 1.29 is 14.6 Å². The normalized spacial score (nSPS) is 18.8. The molecule has 3 aliphatic heterocycles. The third-order valence-electron chi connectivity index (χ3n) is 10.2. The second-order valence-electron chi connectivity index (χ2n) is 13.2. The van der Waals surface area contributed by atoms with Gasteiger partial charge in [-0.1, -0.05) is 30.7 Å². The Hall–Kier alpha value is -4.05. The van der Waals surface area contributed by atoms with Crippen LogP contribution in [0.15, 0.2) is 60.9 Å². The van der Waals surface area contributed by atoms with Crippen LogP contribution >= 0.6 is 0 Å². The Kier molecular flexibility index (Phi) is 9.65. The number of aromatic nitrogens is 2. The van der Waals surface area contributed by atoms with Crippen molar-refractivity contribution >= 4 is 34.1 Å². The van der Waals surface area contributed by atoms with E-state index in [4.69, 9.17) is 14.7 Å². The first-order valence-corrected chi connectivity index (χ1v) is 17.3. The van der Waals surface area contributed by atoms with Crippen LogP contribution in [-0.2, 0) is 22.5 Å². The van der Waals surface area contributed by atoms with Gasteiger partial charge in [-0.3, -0.25) is 19.6 Å². The molecule has 246 valence electrons. The summed E-state index contributed by atoms with van der Waals surface area (Å²) >= 11 is 0. The van der Waals surface area contributed by atoms with Crippen molar-refractivity contribution in [2.75, 3.05) is 62.7 Å². The molecule has 9 heteroatoms. The minimum atomic E-state index is -0.728. The summed E-state index contributed by atoms with van der Waals surface area (Å²) in [5.41, 5.74) is 9.51. The van der Waals surface area contributed by atoms with E-state index in [1.54, 1.807) is 0 Å². The smallest absolute Gasteiger partial charge is 0.304 e. The molecule has 47 heavy (non-hydrogen) atoms. The Balaban J connectivity index is 1.07. The average Bonchev–Trinajstić information content (AvgIpc) is 3.50. The number of aliphatic carboxylic acids is 1. The van der Waals surface area contributed by atoms with Gasteiger partial charge in [-0.15, -0.1) is 0 Å². The summed E-state index contributed by atoms with van der Waals surface area (Å²) in [5.74, 6) is 0.00850. The highest BCUT2D eigenvalue weighted by atomic mass is 16.5. The Morgan fingerprint density at radius 3 is 2.72 bits per heavy atom. The Morgan fingerprint density at radius 2 is 1.85 bits per heavy atom. The number of rotatable bonds is 11. The number of hydrogen-bond acceptors (Lipinski definition) is 8. The molecule has 0 spiro atoms. The molecule has 5 heterocycles. The van der Waals surface area contributed by atoms with Crippen molar-refractivity contribution in [3.8, 4) is 11.1 Å². The summed E-state index contributed by atoms with van der Waals surface area (Å²) in [4.78, 5) is 28.4. The number of carbonyl (C=O) groups is 1. The number of carboxylic acid groups (broad SMARTS) is 1. The first-order valence-electron chi connectivity index (χ1n) is 17.3. The molecule has 2 aromatic carbocycles. The maximum Gasteiger partial charge on any atom is 0.304 e. The molecule has 2 fully saturated rings. The summed E-state index contributed by atoms with van der Waals surface area (Å²) < 4.78 is 5.51. The molecule has 3 aliphatic rings. The predicted octanol–water partition coefficient (Wildman–Crippen LogP) is 6.26. The Bertz CT molecular complexity index is 1720. The van der Waals surface area contributed by atoms with E-state index in [1.807, 2.05) is 18.5 Å². The maximum atomic E-state index is 11.4. The van der Waals surface area contributed by atoms with E-state index in [2.05, 4.69) is 69.4 Å². The molecule has 1 atom stereocenters. The predicted molar refractivity (Wildman–Crippen MR) is 188 cm³/mol. The fourth-order valence-electron chi connectivity index (χ4n) is 7.70. The van der Waals surface area contributed by atoms with Gasteiger partial charge >= 0.3 is 5.97 Å². The SMILES string of the molecule is Cc1c(Nc2nccc3cc(CN4CCCCC4CC(=O)O)cnc23)cccc1-c1cccc2c1CCN2CCCN1CCOCC1. The summed E-state index contributed by atoms with van der Waals surface area (Å²) in [6.45, 7) is 10.9. The van der Waals surface area contributed by atoms with Gasteiger partial charge in [0, 0.05) is 74.5 Å². The highest BCUT2D eigenvalue weighted by Crippen LogP contribution is 2.39. The average molecular weight is 635 g/mol. The van der Waals surface area contributed by atoms with Crippen molar-refractivity contribution in [1.29, 1.82) is 0 Å². The van der Waals surface area contributed by atoms with Gasteiger partial charge in [0.05, 0.1) is 19.6 Å². The van der Waals surface area contributed by atoms with Gasteiger partial charge in [0.15, 0.2) is 5.82 Å². The number of pyridine rings is 2. The number of piperidine rings is 1. The molecule has 2 saturated heterocycles. The number of likely N-dealkylation sites (tertiary alicyclic amines) is 1. The zero-order valence-electron chi connectivity index (χ0n) is 27.5. The second-order valence-corrected chi connectivity index (χ2v) is 13.2. The van der Waals surface area contributed by atoms with E-state index in [0.717, 1.165) is 106 Å². The van der Waals surface area contributed by atoms with Gasteiger partial charge < -0.3 is 20.1 Å². The lowest BCUT2D eigenvalue weighted by atomic mass is 9.93. The molecular formula is C38H46N6O3. The number of nitrogens with one attached hydrogen (secondary N) is 1. The van der Waals surface area contributed by atoms with Crippen molar-refractivity contribution in [3.05, 3.63) is 77.6 Å². The Labute approximate surface area is 277 Å². The van der Waals surface area contributed by atoms with E-state index in [1.165, 1.54) is 34.4 Å². The highest BCUT2D eigenvalue weighted by molar-refractivity contribution is 5.91. The first kappa shape index (κ1) is 31.5. The van der Waals surface area contributed by atoms with Gasteiger partial charge in [-0.05, 0) is 91.2 Å². The molecule has 0 radical (unpaired) electrons. The zero-order valence-corrected chi connectivity index (χ0v) is 27.5. The minimum Gasteiger partial charge on any atom is -0.481 e. The number of morpholine rings is 1. The standard InChI is InChI=1S/C38H46N6O3/c1-27-31(32-9-5-11-35-33(32)13-18-43(35)17-6-15-42-19-21-47-22-20-42)8-4-10-34(27)41-38-37-29(12-14-39-38)23-28(25-40-37)26-44-16-3-2-7-30(44)24-36(45)46/h4-5,8-12,14,23,25,30H,2-3,6-7,13,15-22,24,26H2,1H3,(H,39,41)(H,45,46). The molecule has 0 amide bonds. The molecule has 7 rings (SSSR count). The van der Waals surface area contributed by atoms with Gasteiger partial charge in [-0.2, -0.15) is 0 Å². The first-order chi connectivity index (χ1) is 23.0.